The number of ketones is 1. The van der Waals surface area contributed by atoms with E-state index in [0.29, 0.717) is 27.2 Å². The Labute approximate surface area is 199 Å². The van der Waals surface area contributed by atoms with Gasteiger partial charge >= 0.3 is 0 Å². The van der Waals surface area contributed by atoms with Gasteiger partial charge in [-0.2, -0.15) is 0 Å². The fourth-order valence-electron chi connectivity index (χ4n) is 3.28. The van der Waals surface area contributed by atoms with Crippen molar-refractivity contribution in [2.75, 3.05) is 12.4 Å². The van der Waals surface area contributed by atoms with Crippen LogP contribution in [-0.2, 0) is 11.3 Å². The predicted molar refractivity (Wildman–Crippen MR) is 126 cm³/mol. The fourth-order valence-corrected chi connectivity index (χ4v) is 3.58. The highest BCUT2D eigenvalue weighted by Crippen LogP contribution is 2.29. The Bertz CT molecular complexity index is 1320. The summed E-state index contributed by atoms with van der Waals surface area (Å²) in [5.74, 6) is -0.956. The van der Waals surface area contributed by atoms with E-state index in [9.17, 15) is 14.4 Å². The van der Waals surface area contributed by atoms with Crippen molar-refractivity contribution in [2.45, 2.75) is 6.54 Å². The highest BCUT2D eigenvalue weighted by atomic mass is 35.5. The summed E-state index contributed by atoms with van der Waals surface area (Å²) in [6.07, 6.45) is 3.02. The molecule has 33 heavy (non-hydrogen) atoms. The van der Waals surface area contributed by atoms with Crippen molar-refractivity contribution < 1.29 is 19.1 Å². The number of amides is 2. The number of benzene rings is 2. The van der Waals surface area contributed by atoms with E-state index >= 15 is 0 Å². The van der Waals surface area contributed by atoms with Crippen LogP contribution in [0.1, 0.15) is 31.8 Å². The van der Waals surface area contributed by atoms with Crippen molar-refractivity contribution >= 4 is 52.6 Å². The number of anilines is 1. The molecule has 7 nitrogen and oxygen atoms in total. The summed E-state index contributed by atoms with van der Waals surface area (Å²) in [5.41, 5.74) is 2.14. The number of hydrogen-bond donors (Lipinski definition) is 2. The number of ether oxygens (including phenoxy) is 1. The van der Waals surface area contributed by atoms with E-state index in [0.717, 1.165) is 5.56 Å². The van der Waals surface area contributed by atoms with E-state index in [1.165, 1.54) is 25.3 Å². The largest absolute Gasteiger partial charge is 0.481 e. The second kappa shape index (κ2) is 9.44. The lowest BCUT2D eigenvalue weighted by molar-refractivity contribution is -0.112. The van der Waals surface area contributed by atoms with Crippen LogP contribution < -0.4 is 15.4 Å². The lowest BCUT2D eigenvalue weighted by Gasteiger charge is -2.19. The van der Waals surface area contributed by atoms with Crippen molar-refractivity contribution in [3.63, 3.8) is 0 Å². The highest BCUT2D eigenvalue weighted by molar-refractivity contribution is 6.42. The fraction of sp³-hybridized carbons (Fsp3) is 0.0833. The van der Waals surface area contributed by atoms with Crippen LogP contribution in [0.2, 0.25) is 10.0 Å². The number of nitrogens with zero attached hydrogens (tertiary/aromatic N) is 1. The lowest BCUT2D eigenvalue weighted by atomic mass is 9.93. The third-order valence-electron chi connectivity index (χ3n) is 4.98. The Balaban J connectivity index is 1.56. The Morgan fingerprint density at radius 2 is 1.91 bits per heavy atom. The van der Waals surface area contributed by atoms with Gasteiger partial charge in [0, 0.05) is 29.9 Å². The summed E-state index contributed by atoms with van der Waals surface area (Å²) in [7, 11) is 1.51. The van der Waals surface area contributed by atoms with Crippen molar-refractivity contribution in [1.29, 1.82) is 0 Å². The number of pyridine rings is 1. The van der Waals surface area contributed by atoms with Crippen molar-refractivity contribution in [2.24, 2.45) is 0 Å². The molecule has 9 heteroatoms. The van der Waals surface area contributed by atoms with Gasteiger partial charge in [0.1, 0.15) is 0 Å². The second-order valence-electron chi connectivity index (χ2n) is 7.16. The molecule has 166 valence electrons. The third-order valence-corrected chi connectivity index (χ3v) is 5.72. The maximum absolute atomic E-state index is 13.1. The topological polar surface area (TPSA) is 97.4 Å². The normalized spacial score (nSPS) is 14.0. The van der Waals surface area contributed by atoms with Crippen molar-refractivity contribution in [3.8, 4) is 5.88 Å². The van der Waals surface area contributed by atoms with Crippen LogP contribution in [0.25, 0.3) is 6.08 Å². The molecular weight excluding hydrogens is 465 g/mol. The molecule has 0 spiro atoms. The minimum atomic E-state index is -0.539. The molecule has 2 heterocycles. The third kappa shape index (κ3) is 4.89. The van der Waals surface area contributed by atoms with Gasteiger partial charge in [0.2, 0.25) is 11.7 Å². The van der Waals surface area contributed by atoms with Gasteiger partial charge in [-0.15, -0.1) is 0 Å². The van der Waals surface area contributed by atoms with Crippen LogP contribution in [-0.4, -0.2) is 29.7 Å². The minimum absolute atomic E-state index is 0.0673. The van der Waals surface area contributed by atoms with E-state index in [4.69, 9.17) is 27.9 Å². The van der Waals surface area contributed by atoms with Gasteiger partial charge in [0.15, 0.2) is 0 Å². The SMILES string of the molecule is COc1cc(CNC(=O)c2ccc3c(c2)C(=O)C(=Cc2ccc(Cl)c(Cl)c2)C(=O)N3)ccn1. The number of carbonyl (C=O) groups is 3. The van der Waals surface area contributed by atoms with E-state index in [-0.39, 0.29) is 29.2 Å². The standard InChI is InChI=1S/C24H17Cl2N3O4/c1-33-21-10-14(6-7-27-21)12-28-23(31)15-3-5-20-16(11-15)22(30)17(24(32)29-20)8-13-2-4-18(25)19(26)9-13/h2-11H,12H2,1H3,(H,28,31)(H,29,32). The predicted octanol–water partition coefficient (Wildman–Crippen LogP) is 4.55. The van der Waals surface area contributed by atoms with Gasteiger partial charge < -0.3 is 15.4 Å². The van der Waals surface area contributed by atoms with Gasteiger partial charge in [-0.05, 0) is 53.6 Å². The number of Topliss-reactive ketones (excluding diaryl/α,β-unsaturated/α-hetero) is 1. The maximum Gasteiger partial charge on any atom is 0.259 e. The summed E-state index contributed by atoms with van der Waals surface area (Å²) < 4.78 is 5.08. The summed E-state index contributed by atoms with van der Waals surface area (Å²) in [6.45, 7) is 0.252. The second-order valence-corrected chi connectivity index (χ2v) is 7.98. The van der Waals surface area contributed by atoms with Gasteiger partial charge in [-0.1, -0.05) is 29.3 Å². The van der Waals surface area contributed by atoms with Gasteiger partial charge in [0.05, 0.1) is 28.4 Å². The van der Waals surface area contributed by atoms with Crippen LogP contribution in [0.15, 0.2) is 60.3 Å². The molecule has 1 aliphatic rings. The summed E-state index contributed by atoms with van der Waals surface area (Å²) in [5, 5.41) is 6.15. The zero-order chi connectivity index (χ0) is 23.5. The molecule has 2 N–H and O–H groups in total. The van der Waals surface area contributed by atoms with Crippen LogP contribution in [0.5, 0.6) is 5.88 Å². The number of methoxy groups -OCH3 is 1. The summed E-state index contributed by atoms with van der Waals surface area (Å²) >= 11 is 12.0. The number of hydrogen-bond acceptors (Lipinski definition) is 5. The smallest absolute Gasteiger partial charge is 0.259 e. The van der Waals surface area contributed by atoms with E-state index in [1.807, 2.05) is 0 Å². The molecule has 0 bridgehead atoms. The van der Waals surface area contributed by atoms with Crippen LogP contribution in [0, 0.1) is 0 Å². The zero-order valence-corrected chi connectivity index (χ0v) is 18.8. The van der Waals surface area contributed by atoms with Crippen molar-refractivity contribution in [1.82, 2.24) is 10.3 Å². The molecule has 1 aliphatic heterocycles. The molecule has 0 radical (unpaired) electrons. The Morgan fingerprint density at radius 1 is 1.09 bits per heavy atom. The number of nitrogens with one attached hydrogen (secondary N) is 2. The first kappa shape index (κ1) is 22.5. The van der Waals surface area contributed by atoms with Crippen molar-refractivity contribution in [3.05, 3.63) is 92.6 Å². The molecule has 3 aromatic rings. The zero-order valence-electron chi connectivity index (χ0n) is 17.3. The average molecular weight is 482 g/mol. The number of carbonyl (C=O) groups excluding carboxylic acids is 3. The Morgan fingerprint density at radius 3 is 2.67 bits per heavy atom. The first-order chi connectivity index (χ1) is 15.9. The summed E-state index contributed by atoms with van der Waals surface area (Å²) in [6, 6.07) is 12.8. The minimum Gasteiger partial charge on any atom is -0.481 e. The van der Waals surface area contributed by atoms with E-state index < -0.39 is 11.7 Å². The lowest BCUT2D eigenvalue weighted by Crippen LogP contribution is -2.28. The molecule has 0 unspecified atom stereocenters. The molecule has 0 fully saturated rings. The number of halogens is 2. The first-order valence-corrected chi connectivity index (χ1v) is 10.6. The van der Waals surface area contributed by atoms with Gasteiger partial charge in [-0.3, -0.25) is 14.4 Å². The molecule has 0 atom stereocenters. The molecule has 0 saturated carbocycles. The van der Waals surface area contributed by atoms with Gasteiger partial charge in [0.25, 0.3) is 11.8 Å². The average Bonchev–Trinajstić information content (AvgIpc) is 2.82. The quantitative estimate of drug-likeness (QED) is 0.411. The van der Waals surface area contributed by atoms with Crippen LogP contribution >= 0.6 is 23.2 Å². The molecular formula is C24H17Cl2N3O4. The Kier molecular flexibility index (Phi) is 6.44. The highest BCUT2D eigenvalue weighted by Gasteiger charge is 2.29. The monoisotopic (exact) mass is 481 g/mol. The molecule has 2 amide bonds. The van der Waals surface area contributed by atoms with E-state index in [2.05, 4.69) is 15.6 Å². The van der Waals surface area contributed by atoms with E-state index in [1.54, 1.807) is 42.6 Å². The molecule has 4 rings (SSSR count). The van der Waals surface area contributed by atoms with Crippen LogP contribution in [0.3, 0.4) is 0 Å². The summed E-state index contributed by atoms with van der Waals surface area (Å²) in [4.78, 5) is 42.3. The van der Waals surface area contributed by atoms with Gasteiger partial charge in [-0.25, -0.2) is 4.98 Å². The first-order valence-electron chi connectivity index (χ1n) is 9.79. The number of rotatable bonds is 5. The van der Waals surface area contributed by atoms with Crippen LogP contribution in [0.4, 0.5) is 5.69 Å². The maximum atomic E-state index is 13.1. The Hall–Kier alpha value is -3.68. The molecule has 2 aromatic carbocycles. The number of aromatic nitrogens is 1. The molecule has 0 saturated heterocycles. The number of fused-ring (bicyclic) bond motifs is 1. The molecule has 0 aliphatic carbocycles. The molecule has 1 aromatic heterocycles.